The van der Waals surface area contributed by atoms with Gasteiger partial charge in [-0.2, -0.15) is 0 Å². The topological polar surface area (TPSA) is 134 Å². The molecule has 9 heteroatoms. The van der Waals surface area contributed by atoms with Gasteiger partial charge in [0.2, 0.25) is 11.8 Å². The number of hydrogen-bond donors (Lipinski definition) is 4. The summed E-state index contributed by atoms with van der Waals surface area (Å²) in [5, 5.41) is 19.3. The van der Waals surface area contributed by atoms with Crippen molar-refractivity contribution in [2.24, 2.45) is 5.92 Å². The lowest BCUT2D eigenvalue weighted by atomic mass is 9.98. The van der Waals surface area contributed by atoms with E-state index in [0.717, 1.165) is 23.6 Å². The zero-order valence-corrected chi connectivity index (χ0v) is 21.1. The normalized spacial score (nSPS) is 20.3. The highest BCUT2D eigenvalue weighted by molar-refractivity contribution is 5.99. The summed E-state index contributed by atoms with van der Waals surface area (Å²) in [6.45, 7) is 1.12. The number of benzene rings is 2. The lowest BCUT2D eigenvalue weighted by molar-refractivity contribution is -0.146. The summed E-state index contributed by atoms with van der Waals surface area (Å²) in [5.74, 6) is -2.58. The van der Waals surface area contributed by atoms with Crippen LogP contribution in [0.25, 0.3) is 10.8 Å². The largest absolute Gasteiger partial charge is 0.463 e. The highest BCUT2D eigenvalue weighted by Crippen LogP contribution is 2.19. The molecular weight excluding hydrogens is 474 g/mol. The standard InChI is InChI=1S/C28H35N3O6/c1-19(17-32)29-25(33)16-22-11-5-3-2-4-6-12-26(34)37-18-24(31-27(22)35)28(36)30-23-14-13-20-9-7-8-10-21(20)15-23/h3,5,7-10,13-15,19,22,24,32H,2,4,6,11-12,16-18H2,1H3,(H,29,33)(H,30,36)(H,31,35)/t19-,22-,24+/m1/s1. The quantitative estimate of drug-likeness (QED) is 0.350. The molecule has 2 aromatic rings. The van der Waals surface area contributed by atoms with E-state index in [0.29, 0.717) is 18.5 Å². The van der Waals surface area contributed by atoms with Crippen LogP contribution in [0.15, 0.2) is 54.6 Å². The number of amides is 3. The molecule has 37 heavy (non-hydrogen) atoms. The number of hydrogen-bond acceptors (Lipinski definition) is 6. The number of aliphatic hydroxyl groups excluding tert-OH is 1. The predicted molar refractivity (Wildman–Crippen MR) is 140 cm³/mol. The van der Waals surface area contributed by atoms with Gasteiger partial charge < -0.3 is 25.8 Å². The first-order valence-corrected chi connectivity index (χ1v) is 12.7. The molecule has 0 saturated carbocycles. The Morgan fingerprint density at radius 1 is 1.11 bits per heavy atom. The fraction of sp³-hybridized carbons (Fsp3) is 0.429. The van der Waals surface area contributed by atoms with Crippen molar-refractivity contribution in [1.29, 1.82) is 0 Å². The van der Waals surface area contributed by atoms with Crippen molar-refractivity contribution in [1.82, 2.24) is 10.6 Å². The van der Waals surface area contributed by atoms with Gasteiger partial charge in [0.15, 0.2) is 0 Å². The van der Waals surface area contributed by atoms with Crippen LogP contribution in [0, 0.1) is 5.92 Å². The SMILES string of the molecule is C[C@H](CO)NC(=O)C[C@H]1CC=CCCCCC(=O)OC[C@@H](C(=O)Nc2ccc3ccccc3c2)NC1=O. The summed E-state index contributed by atoms with van der Waals surface area (Å²) in [6, 6.07) is 11.6. The molecule has 0 unspecified atom stereocenters. The Kier molecular flexibility index (Phi) is 10.6. The molecule has 2 aromatic carbocycles. The van der Waals surface area contributed by atoms with Gasteiger partial charge in [0.25, 0.3) is 5.91 Å². The van der Waals surface area contributed by atoms with Crippen LogP contribution in [-0.2, 0) is 23.9 Å². The molecule has 0 saturated heterocycles. The zero-order chi connectivity index (χ0) is 26.6. The van der Waals surface area contributed by atoms with Crippen molar-refractivity contribution in [3.05, 3.63) is 54.6 Å². The van der Waals surface area contributed by atoms with Gasteiger partial charge in [0.05, 0.1) is 12.5 Å². The number of aliphatic hydroxyl groups is 1. The molecule has 0 aromatic heterocycles. The van der Waals surface area contributed by atoms with Crippen molar-refractivity contribution in [2.45, 2.75) is 57.5 Å². The van der Waals surface area contributed by atoms with E-state index in [1.165, 1.54) is 0 Å². The van der Waals surface area contributed by atoms with E-state index in [4.69, 9.17) is 4.74 Å². The van der Waals surface area contributed by atoms with Gasteiger partial charge in [-0.15, -0.1) is 0 Å². The predicted octanol–water partition coefficient (Wildman–Crippen LogP) is 2.83. The second kappa shape index (κ2) is 14.1. The van der Waals surface area contributed by atoms with Gasteiger partial charge in [-0.3, -0.25) is 19.2 Å². The molecule has 0 radical (unpaired) electrons. The number of esters is 1. The maximum absolute atomic E-state index is 13.2. The Labute approximate surface area is 216 Å². The summed E-state index contributed by atoms with van der Waals surface area (Å²) < 4.78 is 5.32. The number of cyclic esters (lactones) is 1. The molecule has 0 spiro atoms. The molecule has 4 N–H and O–H groups in total. The summed E-state index contributed by atoms with van der Waals surface area (Å²) in [5.41, 5.74) is 0.542. The first-order valence-electron chi connectivity index (χ1n) is 12.7. The molecule has 0 aliphatic carbocycles. The Bertz CT molecular complexity index is 1130. The third kappa shape index (κ3) is 9.02. The molecule has 1 aliphatic rings. The Hall–Kier alpha value is -3.72. The minimum atomic E-state index is -1.14. The van der Waals surface area contributed by atoms with E-state index < -0.39 is 35.8 Å². The van der Waals surface area contributed by atoms with Gasteiger partial charge in [-0.05, 0) is 55.5 Å². The smallest absolute Gasteiger partial charge is 0.305 e. The number of rotatable bonds is 6. The fourth-order valence-electron chi connectivity index (χ4n) is 4.01. The summed E-state index contributed by atoms with van der Waals surface area (Å²) >= 11 is 0. The van der Waals surface area contributed by atoms with Crippen molar-refractivity contribution < 1.29 is 29.0 Å². The van der Waals surface area contributed by atoms with Crippen molar-refractivity contribution in [2.75, 3.05) is 18.5 Å². The molecule has 1 heterocycles. The highest BCUT2D eigenvalue weighted by atomic mass is 16.5. The van der Waals surface area contributed by atoms with E-state index in [9.17, 15) is 24.3 Å². The number of carbonyl (C=O) groups is 4. The molecule has 3 atom stereocenters. The highest BCUT2D eigenvalue weighted by Gasteiger charge is 2.28. The molecule has 3 rings (SSSR count). The summed E-state index contributed by atoms with van der Waals surface area (Å²) in [4.78, 5) is 51.0. The van der Waals surface area contributed by atoms with Crippen molar-refractivity contribution in [3.8, 4) is 0 Å². The number of nitrogens with one attached hydrogen (secondary N) is 3. The molecule has 198 valence electrons. The second-order valence-corrected chi connectivity index (χ2v) is 9.30. The fourth-order valence-corrected chi connectivity index (χ4v) is 4.01. The maximum atomic E-state index is 13.2. The maximum Gasteiger partial charge on any atom is 0.305 e. The van der Waals surface area contributed by atoms with Gasteiger partial charge in [0.1, 0.15) is 12.6 Å². The number of anilines is 1. The van der Waals surface area contributed by atoms with Gasteiger partial charge >= 0.3 is 5.97 Å². The van der Waals surface area contributed by atoms with Crippen LogP contribution in [0.2, 0.25) is 0 Å². The lowest BCUT2D eigenvalue weighted by Crippen LogP contribution is -2.49. The minimum Gasteiger partial charge on any atom is -0.463 e. The van der Waals surface area contributed by atoms with E-state index in [1.807, 2.05) is 48.6 Å². The summed E-state index contributed by atoms with van der Waals surface area (Å²) in [7, 11) is 0. The van der Waals surface area contributed by atoms with Crippen molar-refractivity contribution in [3.63, 3.8) is 0 Å². The minimum absolute atomic E-state index is 0.112. The van der Waals surface area contributed by atoms with Gasteiger partial charge in [-0.1, -0.05) is 42.5 Å². The Morgan fingerprint density at radius 2 is 1.89 bits per heavy atom. The second-order valence-electron chi connectivity index (χ2n) is 9.30. The molecule has 3 amide bonds. The van der Waals surface area contributed by atoms with Crippen LogP contribution in [0.5, 0.6) is 0 Å². The molecular formula is C28H35N3O6. The summed E-state index contributed by atoms with van der Waals surface area (Å²) in [6.07, 6.45) is 6.37. The third-order valence-corrected chi connectivity index (χ3v) is 6.13. The van der Waals surface area contributed by atoms with E-state index in [1.54, 1.807) is 13.0 Å². The van der Waals surface area contributed by atoms with E-state index >= 15 is 0 Å². The van der Waals surface area contributed by atoms with Gasteiger partial charge in [-0.25, -0.2) is 0 Å². The van der Waals surface area contributed by atoms with Crippen LogP contribution in [0.4, 0.5) is 5.69 Å². The molecule has 1 aliphatic heterocycles. The first-order chi connectivity index (χ1) is 17.9. The number of fused-ring (bicyclic) bond motifs is 1. The number of carbonyl (C=O) groups excluding carboxylic acids is 4. The zero-order valence-electron chi connectivity index (χ0n) is 21.1. The molecule has 9 nitrogen and oxygen atoms in total. The third-order valence-electron chi connectivity index (χ3n) is 6.13. The van der Waals surface area contributed by atoms with E-state index in [-0.39, 0.29) is 32.0 Å². The Morgan fingerprint density at radius 3 is 2.68 bits per heavy atom. The Balaban J connectivity index is 1.77. The monoisotopic (exact) mass is 509 g/mol. The van der Waals surface area contributed by atoms with Crippen LogP contribution < -0.4 is 16.0 Å². The average molecular weight is 510 g/mol. The van der Waals surface area contributed by atoms with Crippen LogP contribution in [0.1, 0.15) is 45.4 Å². The van der Waals surface area contributed by atoms with Crippen LogP contribution >= 0.6 is 0 Å². The molecule has 0 fully saturated rings. The van der Waals surface area contributed by atoms with Crippen molar-refractivity contribution >= 4 is 40.2 Å². The lowest BCUT2D eigenvalue weighted by Gasteiger charge is -2.22. The number of ether oxygens (including phenoxy) is 1. The first kappa shape index (κ1) is 27.9. The van der Waals surface area contributed by atoms with Crippen LogP contribution in [0.3, 0.4) is 0 Å². The van der Waals surface area contributed by atoms with Gasteiger partial charge in [0, 0.05) is 24.6 Å². The van der Waals surface area contributed by atoms with Crippen LogP contribution in [-0.4, -0.2) is 54.1 Å². The number of allylic oxidation sites excluding steroid dienone is 2. The average Bonchev–Trinajstić information content (AvgIpc) is 2.88. The van der Waals surface area contributed by atoms with E-state index in [2.05, 4.69) is 16.0 Å². The molecule has 0 bridgehead atoms.